The van der Waals surface area contributed by atoms with Crippen molar-refractivity contribution in [3.8, 4) is 11.6 Å². The van der Waals surface area contributed by atoms with E-state index in [0.29, 0.717) is 27.6 Å². The molecule has 3 N–H and O–H groups in total. The Balaban J connectivity index is 1.67. The molecule has 8 nitrogen and oxygen atoms in total. The molecule has 0 bridgehead atoms. The zero-order chi connectivity index (χ0) is 17.1. The lowest BCUT2D eigenvalue weighted by molar-refractivity contribution is -0.115. The van der Waals surface area contributed by atoms with E-state index < -0.39 is 5.25 Å². The van der Waals surface area contributed by atoms with E-state index in [1.54, 1.807) is 31.2 Å². The highest BCUT2D eigenvalue weighted by Gasteiger charge is 2.21. The lowest BCUT2D eigenvalue weighted by Gasteiger charge is -2.10. The predicted molar refractivity (Wildman–Crippen MR) is 91.1 cm³/mol. The van der Waals surface area contributed by atoms with Crippen LogP contribution in [0.15, 0.2) is 46.3 Å². The fourth-order valence-corrected chi connectivity index (χ4v) is 2.70. The summed E-state index contributed by atoms with van der Waals surface area (Å²) in [6.07, 6.45) is 2.98. The van der Waals surface area contributed by atoms with Gasteiger partial charge in [-0.3, -0.25) is 4.79 Å². The van der Waals surface area contributed by atoms with E-state index in [-0.39, 0.29) is 5.91 Å². The number of furan rings is 1. The molecule has 1 amide bonds. The quantitative estimate of drug-likeness (QED) is 0.528. The molecular weight excluding hydrogens is 352 g/mol. The number of nitrogen functional groups attached to an aromatic ring is 1. The number of nitrogens with one attached hydrogen (secondary N) is 1. The maximum absolute atomic E-state index is 12.2. The van der Waals surface area contributed by atoms with Crippen LogP contribution in [0.4, 0.5) is 5.82 Å². The Kier molecular flexibility index (Phi) is 4.72. The van der Waals surface area contributed by atoms with Crippen LogP contribution in [0.25, 0.3) is 11.6 Å². The van der Waals surface area contributed by atoms with Gasteiger partial charge in [0.15, 0.2) is 5.76 Å². The van der Waals surface area contributed by atoms with Crippen molar-refractivity contribution in [1.29, 1.82) is 0 Å². The Morgan fingerprint density at radius 1 is 1.42 bits per heavy atom. The highest BCUT2D eigenvalue weighted by molar-refractivity contribution is 8.00. The van der Waals surface area contributed by atoms with E-state index in [4.69, 9.17) is 21.9 Å². The second-order valence-corrected chi connectivity index (χ2v) is 6.51. The van der Waals surface area contributed by atoms with Crippen LogP contribution in [-0.2, 0) is 4.79 Å². The van der Waals surface area contributed by atoms with Crippen LogP contribution in [0, 0.1) is 0 Å². The molecule has 0 aliphatic carbocycles. The molecule has 0 aliphatic heterocycles. The number of carbonyl (C=O) groups excluding carboxylic acids is 1. The first-order valence-corrected chi connectivity index (χ1v) is 8.14. The van der Waals surface area contributed by atoms with Gasteiger partial charge < -0.3 is 15.6 Å². The summed E-state index contributed by atoms with van der Waals surface area (Å²) in [7, 11) is 0. The molecular formula is C14H13ClN6O2S. The summed E-state index contributed by atoms with van der Waals surface area (Å²) in [6, 6.07) is 6.72. The Labute approximate surface area is 146 Å². The minimum atomic E-state index is -0.460. The number of pyridine rings is 1. The maximum atomic E-state index is 12.2. The average Bonchev–Trinajstić information content (AvgIpc) is 3.20. The minimum Gasteiger partial charge on any atom is -0.461 e. The fourth-order valence-electron chi connectivity index (χ4n) is 1.82. The number of nitrogens with zero attached hydrogens (tertiary/aromatic N) is 4. The average molecular weight is 365 g/mol. The topological polar surface area (TPSA) is 112 Å². The largest absolute Gasteiger partial charge is 0.461 e. The van der Waals surface area contributed by atoms with Crippen molar-refractivity contribution in [1.82, 2.24) is 19.9 Å². The number of nitrogens with two attached hydrogens (primary N) is 1. The molecule has 0 aliphatic rings. The van der Waals surface area contributed by atoms with Gasteiger partial charge in [0.2, 0.25) is 16.9 Å². The van der Waals surface area contributed by atoms with E-state index in [0.717, 1.165) is 0 Å². The third-order valence-corrected chi connectivity index (χ3v) is 4.32. The summed E-state index contributed by atoms with van der Waals surface area (Å²) >= 11 is 6.94. The number of thioether (sulfide) groups is 1. The number of carbonyl (C=O) groups is 1. The molecule has 0 saturated heterocycles. The van der Waals surface area contributed by atoms with Crippen molar-refractivity contribution < 1.29 is 9.21 Å². The first-order valence-electron chi connectivity index (χ1n) is 6.88. The van der Waals surface area contributed by atoms with Crippen LogP contribution < -0.4 is 11.2 Å². The van der Waals surface area contributed by atoms with E-state index in [1.165, 1.54) is 28.9 Å². The summed E-state index contributed by atoms with van der Waals surface area (Å²) in [5.74, 6) is 7.03. The van der Waals surface area contributed by atoms with Crippen LogP contribution in [0.3, 0.4) is 0 Å². The summed E-state index contributed by atoms with van der Waals surface area (Å²) in [5.41, 5.74) is 0. The number of aromatic nitrogens is 4. The fraction of sp³-hybridized carbons (Fsp3) is 0.143. The van der Waals surface area contributed by atoms with Gasteiger partial charge in [0.1, 0.15) is 5.82 Å². The second kappa shape index (κ2) is 6.93. The molecule has 3 rings (SSSR count). The van der Waals surface area contributed by atoms with Gasteiger partial charge in [-0.25, -0.2) is 9.66 Å². The summed E-state index contributed by atoms with van der Waals surface area (Å²) in [4.78, 5) is 16.2. The molecule has 0 unspecified atom stereocenters. The van der Waals surface area contributed by atoms with Gasteiger partial charge in [0.05, 0.1) is 16.5 Å². The first-order chi connectivity index (χ1) is 11.5. The second-order valence-electron chi connectivity index (χ2n) is 4.76. The third kappa shape index (κ3) is 3.52. The van der Waals surface area contributed by atoms with E-state index >= 15 is 0 Å². The number of rotatable bonds is 5. The Hall–Kier alpha value is -2.52. The SMILES string of the molecule is C[C@@H](Sc1nnc(-c2ccco2)n1N)C(=O)Nc1ccc(Cl)cn1. The van der Waals surface area contributed by atoms with E-state index in [2.05, 4.69) is 20.5 Å². The molecule has 3 aromatic rings. The van der Waals surface area contributed by atoms with Crippen molar-refractivity contribution in [2.24, 2.45) is 0 Å². The Morgan fingerprint density at radius 2 is 2.25 bits per heavy atom. The molecule has 0 fully saturated rings. The predicted octanol–water partition coefficient (Wildman–Crippen LogP) is 2.42. The van der Waals surface area contributed by atoms with Gasteiger partial charge in [0.25, 0.3) is 0 Å². The van der Waals surface area contributed by atoms with Gasteiger partial charge in [-0.05, 0) is 31.2 Å². The van der Waals surface area contributed by atoms with Gasteiger partial charge in [-0.15, -0.1) is 10.2 Å². The molecule has 0 saturated carbocycles. The van der Waals surface area contributed by atoms with Crippen LogP contribution in [0.5, 0.6) is 0 Å². The van der Waals surface area contributed by atoms with Crippen molar-refractivity contribution >= 4 is 35.1 Å². The normalized spacial score (nSPS) is 12.1. The Morgan fingerprint density at radius 3 is 2.92 bits per heavy atom. The zero-order valence-corrected chi connectivity index (χ0v) is 14.1. The summed E-state index contributed by atoms with van der Waals surface area (Å²) in [6.45, 7) is 1.73. The Bertz CT molecular complexity index is 834. The molecule has 10 heteroatoms. The lowest BCUT2D eigenvalue weighted by Crippen LogP contribution is -2.24. The third-order valence-electron chi connectivity index (χ3n) is 3.04. The molecule has 1 atom stereocenters. The number of amides is 1. The monoisotopic (exact) mass is 364 g/mol. The number of halogens is 1. The maximum Gasteiger partial charge on any atom is 0.238 e. The number of hydrogen-bond donors (Lipinski definition) is 2. The minimum absolute atomic E-state index is 0.239. The van der Waals surface area contributed by atoms with E-state index in [9.17, 15) is 4.79 Å². The molecule has 124 valence electrons. The summed E-state index contributed by atoms with van der Waals surface area (Å²) < 4.78 is 6.53. The van der Waals surface area contributed by atoms with E-state index in [1.807, 2.05) is 0 Å². The highest BCUT2D eigenvalue weighted by Crippen LogP contribution is 2.25. The molecule has 0 spiro atoms. The lowest BCUT2D eigenvalue weighted by atomic mass is 10.4. The van der Waals surface area contributed by atoms with Gasteiger partial charge in [0, 0.05) is 6.20 Å². The van der Waals surface area contributed by atoms with Crippen LogP contribution in [0.2, 0.25) is 5.02 Å². The zero-order valence-electron chi connectivity index (χ0n) is 12.5. The van der Waals surface area contributed by atoms with Gasteiger partial charge >= 0.3 is 0 Å². The van der Waals surface area contributed by atoms with Crippen molar-refractivity contribution in [3.05, 3.63) is 41.7 Å². The first kappa shape index (κ1) is 16.3. The van der Waals surface area contributed by atoms with Crippen molar-refractivity contribution in [2.45, 2.75) is 17.3 Å². The molecule has 0 radical (unpaired) electrons. The van der Waals surface area contributed by atoms with Crippen LogP contribution in [-0.4, -0.2) is 31.0 Å². The van der Waals surface area contributed by atoms with Gasteiger partial charge in [-0.2, -0.15) is 0 Å². The smallest absolute Gasteiger partial charge is 0.238 e. The molecule has 3 aromatic heterocycles. The van der Waals surface area contributed by atoms with Crippen molar-refractivity contribution in [3.63, 3.8) is 0 Å². The number of anilines is 1. The van der Waals surface area contributed by atoms with Crippen molar-refractivity contribution in [2.75, 3.05) is 11.2 Å². The van der Waals surface area contributed by atoms with Gasteiger partial charge in [-0.1, -0.05) is 23.4 Å². The number of hydrogen-bond acceptors (Lipinski definition) is 7. The summed E-state index contributed by atoms with van der Waals surface area (Å²) in [5, 5.41) is 11.1. The highest BCUT2D eigenvalue weighted by atomic mass is 35.5. The molecule has 24 heavy (non-hydrogen) atoms. The van der Waals surface area contributed by atoms with Crippen LogP contribution >= 0.6 is 23.4 Å². The molecule has 3 heterocycles. The standard InChI is InChI=1S/C14H13ClN6O2S/c1-8(13(22)18-11-5-4-9(15)7-17-11)24-14-20-19-12(21(14)16)10-3-2-6-23-10/h2-8H,16H2,1H3,(H,17,18,22)/t8-/m1/s1. The molecule has 0 aromatic carbocycles. The van der Waals surface area contributed by atoms with Crippen LogP contribution in [0.1, 0.15) is 6.92 Å².